The predicted molar refractivity (Wildman–Crippen MR) is 80.3 cm³/mol. The van der Waals surface area contributed by atoms with Crippen LogP contribution in [-0.2, 0) is 11.3 Å². The lowest BCUT2D eigenvalue weighted by molar-refractivity contribution is -0.124. The van der Waals surface area contributed by atoms with E-state index in [4.69, 9.17) is 11.6 Å². The van der Waals surface area contributed by atoms with Crippen molar-refractivity contribution in [2.75, 3.05) is 0 Å². The van der Waals surface area contributed by atoms with Crippen molar-refractivity contribution in [3.05, 3.63) is 34.9 Å². The fourth-order valence-electron chi connectivity index (χ4n) is 1.50. The summed E-state index contributed by atoms with van der Waals surface area (Å²) in [6.45, 7) is 8.63. The molecule has 0 radical (unpaired) electrons. The molecule has 106 valence electrons. The summed E-state index contributed by atoms with van der Waals surface area (Å²) in [5, 5.41) is 6.96. The summed E-state index contributed by atoms with van der Waals surface area (Å²) in [6.07, 6.45) is 0.905. The fourth-order valence-corrected chi connectivity index (χ4v) is 1.62. The number of amides is 1. The zero-order valence-corrected chi connectivity index (χ0v) is 12.8. The maximum Gasteiger partial charge on any atom is 0.237 e. The monoisotopic (exact) mass is 282 g/mol. The summed E-state index contributed by atoms with van der Waals surface area (Å²) in [5.41, 5.74) is 0.951. The van der Waals surface area contributed by atoms with Crippen molar-refractivity contribution in [1.82, 2.24) is 10.6 Å². The highest BCUT2D eigenvalue weighted by Crippen LogP contribution is 2.10. The normalized spacial score (nSPS) is 13.1. The number of rotatable bonds is 6. The van der Waals surface area contributed by atoms with Crippen molar-refractivity contribution in [2.24, 2.45) is 0 Å². The van der Waals surface area contributed by atoms with Crippen LogP contribution in [0.3, 0.4) is 0 Å². The van der Waals surface area contributed by atoms with Crippen molar-refractivity contribution >= 4 is 17.5 Å². The number of hydrogen-bond donors (Lipinski definition) is 2. The first-order valence-electron chi connectivity index (χ1n) is 6.64. The third-order valence-corrected chi connectivity index (χ3v) is 3.52. The molecule has 1 aromatic carbocycles. The van der Waals surface area contributed by atoms with Crippen molar-refractivity contribution in [3.63, 3.8) is 0 Å². The molecule has 0 spiro atoms. The van der Waals surface area contributed by atoms with Crippen LogP contribution >= 0.6 is 11.6 Å². The van der Waals surface area contributed by atoms with Crippen LogP contribution in [0.5, 0.6) is 0 Å². The molecule has 19 heavy (non-hydrogen) atoms. The quantitative estimate of drug-likeness (QED) is 0.842. The highest BCUT2D eigenvalue weighted by Gasteiger charge is 2.21. The van der Waals surface area contributed by atoms with Gasteiger partial charge in [0.1, 0.15) is 0 Å². The van der Waals surface area contributed by atoms with E-state index in [9.17, 15) is 4.79 Å². The van der Waals surface area contributed by atoms with Crippen LogP contribution in [-0.4, -0.2) is 17.5 Å². The van der Waals surface area contributed by atoms with E-state index >= 15 is 0 Å². The number of benzene rings is 1. The Balaban J connectivity index is 2.44. The van der Waals surface area contributed by atoms with Gasteiger partial charge >= 0.3 is 0 Å². The summed E-state index contributed by atoms with van der Waals surface area (Å²) in [4.78, 5) is 12.0. The average Bonchev–Trinajstić information content (AvgIpc) is 2.37. The minimum absolute atomic E-state index is 0.0285. The van der Waals surface area contributed by atoms with Gasteiger partial charge in [-0.1, -0.05) is 30.7 Å². The lowest BCUT2D eigenvalue weighted by Gasteiger charge is -2.26. The zero-order chi connectivity index (χ0) is 14.5. The van der Waals surface area contributed by atoms with Gasteiger partial charge in [-0.05, 0) is 44.9 Å². The van der Waals surface area contributed by atoms with E-state index in [1.165, 1.54) is 0 Å². The average molecular weight is 283 g/mol. The molecular formula is C15H23ClN2O. The van der Waals surface area contributed by atoms with E-state index in [0.29, 0.717) is 6.54 Å². The summed E-state index contributed by atoms with van der Waals surface area (Å²) >= 11 is 5.83. The Bertz CT molecular complexity index is 415. The molecule has 1 atom stereocenters. The lowest BCUT2D eigenvalue weighted by Crippen LogP contribution is -2.50. The largest absolute Gasteiger partial charge is 0.350 e. The minimum Gasteiger partial charge on any atom is -0.350 e. The summed E-state index contributed by atoms with van der Waals surface area (Å²) in [5.74, 6) is 0.0285. The van der Waals surface area contributed by atoms with Crippen LogP contribution < -0.4 is 10.6 Å². The molecule has 1 amide bonds. The second-order valence-corrected chi connectivity index (χ2v) is 5.89. The van der Waals surface area contributed by atoms with E-state index in [2.05, 4.69) is 17.6 Å². The molecule has 1 aromatic rings. The first kappa shape index (κ1) is 16.0. The molecule has 3 nitrogen and oxygen atoms in total. The lowest BCUT2D eigenvalue weighted by atomic mass is 10.0. The highest BCUT2D eigenvalue weighted by atomic mass is 35.5. The SMILES string of the molecule is CCC(C)(C)NC(=O)C(C)NCc1ccc(Cl)cc1. The molecule has 0 saturated carbocycles. The van der Waals surface area contributed by atoms with Crippen molar-refractivity contribution in [1.29, 1.82) is 0 Å². The molecule has 0 aliphatic heterocycles. The smallest absolute Gasteiger partial charge is 0.237 e. The molecule has 4 heteroatoms. The van der Waals surface area contributed by atoms with Gasteiger partial charge in [0.15, 0.2) is 0 Å². The van der Waals surface area contributed by atoms with Crippen LogP contribution in [0.4, 0.5) is 0 Å². The number of nitrogens with one attached hydrogen (secondary N) is 2. The van der Waals surface area contributed by atoms with Gasteiger partial charge in [0.05, 0.1) is 6.04 Å². The number of carbonyl (C=O) groups is 1. The molecular weight excluding hydrogens is 260 g/mol. The Hall–Kier alpha value is -1.06. The third-order valence-electron chi connectivity index (χ3n) is 3.26. The van der Waals surface area contributed by atoms with E-state index < -0.39 is 0 Å². The molecule has 1 unspecified atom stereocenters. The predicted octanol–water partition coefficient (Wildman–Crippen LogP) is 3.12. The molecule has 2 N–H and O–H groups in total. The van der Waals surface area contributed by atoms with Gasteiger partial charge in [0.25, 0.3) is 0 Å². The van der Waals surface area contributed by atoms with Gasteiger partial charge < -0.3 is 10.6 Å². The maximum absolute atomic E-state index is 12.0. The third kappa shape index (κ3) is 5.62. The van der Waals surface area contributed by atoms with Crippen LogP contribution in [0.2, 0.25) is 5.02 Å². The van der Waals surface area contributed by atoms with Gasteiger partial charge in [0, 0.05) is 17.1 Å². The van der Waals surface area contributed by atoms with Gasteiger partial charge in [-0.3, -0.25) is 4.79 Å². The standard InChI is InChI=1S/C15H23ClN2O/c1-5-15(3,4)18-14(19)11(2)17-10-12-6-8-13(16)9-7-12/h6-9,11,17H,5,10H2,1-4H3,(H,18,19). The van der Waals surface area contributed by atoms with Crippen LogP contribution in [0.15, 0.2) is 24.3 Å². The van der Waals surface area contributed by atoms with Crippen molar-refractivity contribution in [3.8, 4) is 0 Å². The molecule has 0 aromatic heterocycles. The topological polar surface area (TPSA) is 41.1 Å². The molecule has 0 saturated heterocycles. The summed E-state index contributed by atoms with van der Waals surface area (Å²) < 4.78 is 0. The van der Waals surface area contributed by atoms with Gasteiger partial charge in [-0.2, -0.15) is 0 Å². The van der Waals surface area contributed by atoms with E-state index in [1.807, 2.05) is 45.0 Å². The Kier molecular flexibility index (Phi) is 5.83. The van der Waals surface area contributed by atoms with Gasteiger partial charge in [0.2, 0.25) is 5.91 Å². The molecule has 0 bridgehead atoms. The molecule has 0 aliphatic carbocycles. The van der Waals surface area contributed by atoms with Crippen LogP contribution in [0, 0.1) is 0 Å². The Labute approximate surface area is 120 Å². The van der Waals surface area contributed by atoms with Crippen molar-refractivity contribution < 1.29 is 4.79 Å². The number of halogens is 1. The molecule has 0 aliphatic rings. The van der Waals surface area contributed by atoms with Crippen LogP contribution in [0.1, 0.15) is 39.7 Å². The zero-order valence-electron chi connectivity index (χ0n) is 12.1. The number of carbonyl (C=O) groups excluding carboxylic acids is 1. The first-order valence-corrected chi connectivity index (χ1v) is 7.01. The highest BCUT2D eigenvalue weighted by molar-refractivity contribution is 6.30. The van der Waals surface area contributed by atoms with Crippen LogP contribution in [0.25, 0.3) is 0 Å². The summed E-state index contributed by atoms with van der Waals surface area (Å²) in [6, 6.07) is 7.39. The first-order chi connectivity index (χ1) is 8.84. The fraction of sp³-hybridized carbons (Fsp3) is 0.533. The van der Waals surface area contributed by atoms with E-state index in [-0.39, 0.29) is 17.5 Å². The molecule has 0 heterocycles. The maximum atomic E-state index is 12.0. The van der Waals surface area contributed by atoms with E-state index in [1.54, 1.807) is 0 Å². The Morgan fingerprint density at radius 3 is 2.42 bits per heavy atom. The Morgan fingerprint density at radius 2 is 1.89 bits per heavy atom. The molecule has 1 rings (SSSR count). The number of hydrogen-bond acceptors (Lipinski definition) is 2. The van der Waals surface area contributed by atoms with Crippen molar-refractivity contribution in [2.45, 2.75) is 52.2 Å². The van der Waals surface area contributed by atoms with E-state index in [0.717, 1.165) is 17.0 Å². The second-order valence-electron chi connectivity index (χ2n) is 5.46. The van der Waals surface area contributed by atoms with Gasteiger partial charge in [-0.15, -0.1) is 0 Å². The van der Waals surface area contributed by atoms with Gasteiger partial charge in [-0.25, -0.2) is 0 Å². The molecule has 0 fully saturated rings. The summed E-state index contributed by atoms with van der Waals surface area (Å²) in [7, 11) is 0. The minimum atomic E-state index is -0.221. The second kappa shape index (κ2) is 6.92. The Morgan fingerprint density at radius 1 is 1.32 bits per heavy atom.